The fourth-order valence-corrected chi connectivity index (χ4v) is 2.42. The summed E-state index contributed by atoms with van der Waals surface area (Å²) in [6.07, 6.45) is 0. The zero-order valence-electron chi connectivity index (χ0n) is 11.6. The number of hydrogen-bond acceptors (Lipinski definition) is 6. The van der Waals surface area contributed by atoms with E-state index in [2.05, 4.69) is 10.1 Å². The van der Waals surface area contributed by atoms with Crippen LogP contribution >= 0.6 is 11.3 Å². The third kappa shape index (κ3) is 3.04. The van der Waals surface area contributed by atoms with Gasteiger partial charge in [0.15, 0.2) is 11.5 Å². The average Bonchev–Trinajstić information content (AvgIpc) is 3.14. The number of thiazole rings is 1. The minimum atomic E-state index is -0.528. The van der Waals surface area contributed by atoms with E-state index in [0.29, 0.717) is 11.3 Å². The first-order chi connectivity index (χ1) is 10.6. The number of ether oxygens (including phenoxy) is 1. The van der Waals surface area contributed by atoms with Crippen LogP contribution in [0.15, 0.2) is 40.2 Å². The predicted octanol–water partition coefficient (Wildman–Crippen LogP) is 3.60. The van der Waals surface area contributed by atoms with Gasteiger partial charge in [-0.15, -0.1) is 11.3 Å². The molecule has 0 N–H and O–H groups in total. The fourth-order valence-electron chi connectivity index (χ4n) is 1.84. The minimum absolute atomic E-state index is 0.0621. The van der Waals surface area contributed by atoms with E-state index in [-0.39, 0.29) is 18.1 Å². The van der Waals surface area contributed by atoms with Gasteiger partial charge in [-0.05, 0) is 19.1 Å². The van der Waals surface area contributed by atoms with Crippen molar-refractivity contribution in [3.05, 3.63) is 57.9 Å². The zero-order chi connectivity index (χ0) is 15.5. The van der Waals surface area contributed by atoms with Crippen LogP contribution in [0.3, 0.4) is 0 Å². The van der Waals surface area contributed by atoms with Gasteiger partial charge in [0.05, 0.1) is 10.6 Å². The molecule has 2 aromatic heterocycles. The molecular weight excluding hydrogens is 307 g/mol. The summed E-state index contributed by atoms with van der Waals surface area (Å²) in [5.74, 6) is -0.645. The quantitative estimate of drug-likeness (QED) is 0.688. The average molecular weight is 318 g/mol. The van der Waals surface area contributed by atoms with Crippen molar-refractivity contribution in [3.8, 4) is 11.3 Å². The van der Waals surface area contributed by atoms with Crippen molar-refractivity contribution in [2.45, 2.75) is 13.5 Å². The highest BCUT2D eigenvalue weighted by Crippen LogP contribution is 2.23. The Morgan fingerprint density at radius 2 is 2.23 bits per heavy atom. The SMILES string of the molecule is Cc1nc(C(=O)OCc2cc(-c3ccccc3F)on2)cs1. The molecule has 1 aromatic carbocycles. The largest absolute Gasteiger partial charge is 0.454 e. The summed E-state index contributed by atoms with van der Waals surface area (Å²) in [4.78, 5) is 15.8. The molecule has 112 valence electrons. The van der Waals surface area contributed by atoms with Crippen LogP contribution in [0.2, 0.25) is 0 Å². The van der Waals surface area contributed by atoms with Gasteiger partial charge in [0.25, 0.3) is 0 Å². The lowest BCUT2D eigenvalue weighted by Gasteiger charge is -1.98. The normalized spacial score (nSPS) is 10.6. The van der Waals surface area contributed by atoms with E-state index >= 15 is 0 Å². The number of nitrogens with zero attached hydrogens (tertiary/aromatic N) is 2. The number of halogens is 1. The Balaban J connectivity index is 1.67. The first kappa shape index (κ1) is 14.4. The standard InChI is InChI=1S/C15H11FN2O3S/c1-9-17-13(8-22-9)15(19)20-7-10-6-14(21-18-10)11-4-2-3-5-12(11)16/h2-6,8H,7H2,1H3. The van der Waals surface area contributed by atoms with Crippen LogP contribution in [-0.2, 0) is 11.3 Å². The van der Waals surface area contributed by atoms with Crippen LogP contribution in [0.1, 0.15) is 21.2 Å². The lowest BCUT2D eigenvalue weighted by molar-refractivity contribution is 0.0458. The molecule has 0 aliphatic rings. The molecule has 7 heteroatoms. The van der Waals surface area contributed by atoms with Crippen molar-refractivity contribution in [2.24, 2.45) is 0 Å². The van der Waals surface area contributed by atoms with Gasteiger partial charge in [0.1, 0.15) is 18.1 Å². The lowest BCUT2D eigenvalue weighted by atomic mass is 10.1. The molecule has 22 heavy (non-hydrogen) atoms. The number of carbonyl (C=O) groups is 1. The number of aromatic nitrogens is 2. The summed E-state index contributed by atoms with van der Waals surface area (Å²) >= 11 is 1.37. The summed E-state index contributed by atoms with van der Waals surface area (Å²) < 4.78 is 23.8. The van der Waals surface area contributed by atoms with Gasteiger partial charge in [-0.25, -0.2) is 14.2 Å². The summed E-state index contributed by atoms with van der Waals surface area (Å²) in [7, 11) is 0. The van der Waals surface area contributed by atoms with Crippen LogP contribution in [0.4, 0.5) is 4.39 Å². The molecule has 0 unspecified atom stereocenters. The van der Waals surface area contributed by atoms with Gasteiger partial charge < -0.3 is 9.26 Å². The topological polar surface area (TPSA) is 65.2 Å². The van der Waals surface area contributed by atoms with Crippen molar-refractivity contribution in [1.82, 2.24) is 10.1 Å². The highest BCUT2D eigenvalue weighted by molar-refractivity contribution is 7.09. The van der Waals surface area contributed by atoms with Crippen molar-refractivity contribution in [2.75, 3.05) is 0 Å². The van der Waals surface area contributed by atoms with Crippen LogP contribution in [-0.4, -0.2) is 16.1 Å². The minimum Gasteiger partial charge on any atom is -0.454 e. The molecule has 0 amide bonds. The predicted molar refractivity (Wildman–Crippen MR) is 77.9 cm³/mol. The van der Waals surface area contributed by atoms with Crippen LogP contribution < -0.4 is 0 Å². The van der Waals surface area contributed by atoms with Crippen LogP contribution in [0.25, 0.3) is 11.3 Å². The van der Waals surface area contributed by atoms with Crippen molar-refractivity contribution < 1.29 is 18.4 Å². The monoisotopic (exact) mass is 318 g/mol. The van der Waals surface area contributed by atoms with E-state index in [1.807, 2.05) is 0 Å². The summed E-state index contributed by atoms with van der Waals surface area (Å²) in [5, 5.41) is 6.19. The molecular formula is C15H11FN2O3S. The molecule has 0 atom stereocenters. The Hall–Kier alpha value is -2.54. The third-order valence-electron chi connectivity index (χ3n) is 2.88. The number of benzene rings is 1. The van der Waals surface area contributed by atoms with E-state index in [1.165, 1.54) is 23.5 Å². The Labute approximate surface area is 129 Å². The zero-order valence-corrected chi connectivity index (χ0v) is 12.4. The number of aryl methyl sites for hydroxylation is 1. The van der Waals surface area contributed by atoms with E-state index in [0.717, 1.165) is 5.01 Å². The van der Waals surface area contributed by atoms with E-state index in [4.69, 9.17) is 9.26 Å². The summed E-state index contributed by atoms with van der Waals surface area (Å²) in [5.41, 5.74) is 0.974. The maximum Gasteiger partial charge on any atom is 0.358 e. The van der Waals surface area contributed by atoms with Crippen LogP contribution in [0, 0.1) is 12.7 Å². The maximum absolute atomic E-state index is 13.6. The first-order valence-corrected chi connectivity index (χ1v) is 7.31. The summed E-state index contributed by atoms with van der Waals surface area (Å²) in [6, 6.07) is 7.75. The highest BCUT2D eigenvalue weighted by Gasteiger charge is 2.14. The molecule has 0 saturated heterocycles. The molecule has 0 radical (unpaired) electrons. The van der Waals surface area contributed by atoms with Gasteiger partial charge >= 0.3 is 5.97 Å². The molecule has 0 spiro atoms. The number of esters is 1. The first-order valence-electron chi connectivity index (χ1n) is 6.43. The smallest absolute Gasteiger partial charge is 0.358 e. The number of carbonyl (C=O) groups excluding carboxylic acids is 1. The lowest BCUT2D eigenvalue weighted by Crippen LogP contribution is -2.05. The van der Waals surface area contributed by atoms with Gasteiger partial charge in [-0.3, -0.25) is 0 Å². The Kier molecular flexibility index (Phi) is 3.97. The molecule has 0 fully saturated rings. The van der Waals surface area contributed by atoms with E-state index in [1.54, 1.807) is 30.5 Å². The van der Waals surface area contributed by atoms with E-state index < -0.39 is 11.8 Å². The Morgan fingerprint density at radius 1 is 1.41 bits per heavy atom. The van der Waals surface area contributed by atoms with Crippen molar-refractivity contribution in [1.29, 1.82) is 0 Å². The van der Waals surface area contributed by atoms with Gasteiger partial charge in [-0.1, -0.05) is 17.3 Å². The second-order valence-corrected chi connectivity index (χ2v) is 5.55. The van der Waals surface area contributed by atoms with Gasteiger partial charge in [0, 0.05) is 11.4 Å². The Morgan fingerprint density at radius 3 is 2.95 bits per heavy atom. The number of hydrogen-bond donors (Lipinski definition) is 0. The van der Waals surface area contributed by atoms with Crippen LogP contribution in [0.5, 0.6) is 0 Å². The molecule has 3 rings (SSSR count). The molecule has 2 heterocycles. The third-order valence-corrected chi connectivity index (χ3v) is 3.65. The van der Waals surface area contributed by atoms with Crippen molar-refractivity contribution >= 4 is 17.3 Å². The molecule has 0 aliphatic heterocycles. The van der Waals surface area contributed by atoms with Gasteiger partial charge in [0.2, 0.25) is 0 Å². The maximum atomic E-state index is 13.6. The Bertz CT molecular complexity index is 812. The summed E-state index contributed by atoms with van der Waals surface area (Å²) in [6.45, 7) is 1.74. The van der Waals surface area contributed by atoms with E-state index in [9.17, 15) is 9.18 Å². The van der Waals surface area contributed by atoms with Gasteiger partial charge in [-0.2, -0.15) is 0 Å². The fraction of sp³-hybridized carbons (Fsp3) is 0.133. The van der Waals surface area contributed by atoms with Crippen molar-refractivity contribution in [3.63, 3.8) is 0 Å². The highest BCUT2D eigenvalue weighted by atomic mass is 32.1. The molecule has 5 nitrogen and oxygen atoms in total. The second-order valence-electron chi connectivity index (χ2n) is 4.49. The molecule has 0 saturated carbocycles. The molecule has 0 bridgehead atoms. The second kappa shape index (κ2) is 6.07. The molecule has 3 aromatic rings. The number of rotatable bonds is 4. The molecule has 0 aliphatic carbocycles.